The van der Waals surface area contributed by atoms with Crippen LogP contribution in [0, 0.1) is 19.7 Å². The lowest BCUT2D eigenvalue weighted by Crippen LogP contribution is -2.45. The van der Waals surface area contributed by atoms with Crippen molar-refractivity contribution in [3.63, 3.8) is 0 Å². The summed E-state index contributed by atoms with van der Waals surface area (Å²) in [6, 6.07) is 16.5. The van der Waals surface area contributed by atoms with Crippen LogP contribution in [0.2, 0.25) is 0 Å². The molecular formula is C26H30FN3O3S. The lowest BCUT2D eigenvalue weighted by atomic mass is 10.0. The zero-order valence-electron chi connectivity index (χ0n) is 19.5. The van der Waals surface area contributed by atoms with Crippen molar-refractivity contribution < 1.29 is 17.6 Å². The lowest BCUT2D eigenvalue weighted by Gasteiger charge is -2.31. The molecule has 2 heterocycles. The van der Waals surface area contributed by atoms with Gasteiger partial charge in [-0.2, -0.15) is 0 Å². The van der Waals surface area contributed by atoms with E-state index in [4.69, 9.17) is 0 Å². The zero-order chi connectivity index (χ0) is 24.3. The summed E-state index contributed by atoms with van der Waals surface area (Å²) in [5.41, 5.74) is 3.56. The maximum Gasteiger partial charge on any atom is 0.240 e. The molecule has 1 N–H and O–H groups in total. The van der Waals surface area contributed by atoms with Gasteiger partial charge in [-0.15, -0.1) is 0 Å². The third-order valence-corrected chi connectivity index (χ3v) is 7.99. The molecule has 1 saturated heterocycles. The van der Waals surface area contributed by atoms with E-state index in [0.717, 1.165) is 17.0 Å². The van der Waals surface area contributed by atoms with Crippen molar-refractivity contribution in [2.24, 2.45) is 0 Å². The molecular weight excluding hydrogens is 453 g/mol. The summed E-state index contributed by atoms with van der Waals surface area (Å²) in [4.78, 5) is 15.4. The quantitative estimate of drug-likeness (QED) is 0.493. The Labute approximate surface area is 200 Å². The number of nitrogens with one attached hydrogen (secondary N) is 1. The second-order valence-electron chi connectivity index (χ2n) is 8.91. The molecule has 180 valence electrons. The number of hydrogen-bond donors (Lipinski definition) is 1. The molecule has 0 unspecified atom stereocenters. The fraction of sp³-hybridized carbons (Fsp3) is 0.346. The zero-order valence-corrected chi connectivity index (χ0v) is 20.3. The van der Waals surface area contributed by atoms with Gasteiger partial charge in [0.25, 0.3) is 0 Å². The number of sulfonamides is 1. The first-order valence-corrected chi connectivity index (χ1v) is 13.0. The number of piperidine rings is 1. The first-order valence-electron chi connectivity index (χ1n) is 11.5. The molecule has 0 amide bonds. The van der Waals surface area contributed by atoms with E-state index in [1.807, 2.05) is 19.9 Å². The minimum Gasteiger partial charge on any atom is -0.344 e. The Balaban J connectivity index is 1.34. The Morgan fingerprint density at radius 1 is 1.03 bits per heavy atom. The van der Waals surface area contributed by atoms with Crippen LogP contribution in [-0.4, -0.2) is 49.3 Å². The Hall–Kier alpha value is -2.81. The summed E-state index contributed by atoms with van der Waals surface area (Å²) in [6.07, 6.45) is 1.31. The van der Waals surface area contributed by atoms with Gasteiger partial charge in [0.2, 0.25) is 10.0 Å². The molecule has 0 bridgehead atoms. The third kappa shape index (κ3) is 5.63. The molecule has 6 nitrogen and oxygen atoms in total. The van der Waals surface area contributed by atoms with E-state index in [-0.39, 0.29) is 22.5 Å². The largest absolute Gasteiger partial charge is 0.344 e. The highest BCUT2D eigenvalue weighted by atomic mass is 32.2. The molecule has 1 aromatic heterocycles. The van der Waals surface area contributed by atoms with E-state index in [0.29, 0.717) is 44.6 Å². The van der Waals surface area contributed by atoms with Crippen LogP contribution < -0.4 is 4.72 Å². The second kappa shape index (κ2) is 10.2. The number of rotatable bonds is 8. The summed E-state index contributed by atoms with van der Waals surface area (Å²) < 4.78 is 43.2. The summed E-state index contributed by atoms with van der Waals surface area (Å²) >= 11 is 0. The number of likely N-dealkylation sites (tertiary alicyclic amines) is 1. The Bertz CT molecular complexity index is 1250. The van der Waals surface area contributed by atoms with Crippen molar-refractivity contribution in [1.29, 1.82) is 0 Å². The summed E-state index contributed by atoms with van der Waals surface area (Å²) in [7, 11) is -3.54. The number of carbonyl (C=O) groups is 1. The van der Waals surface area contributed by atoms with Gasteiger partial charge < -0.3 is 4.57 Å². The van der Waals surface area contributed by atoms with Crippen LogP contribution in [0.15, 0.2) is 65.6 Å². The van der Waals surface area contributed by atoms with Crippen LogP contribution in [0.4, 0.5) is 4.39 Å². The number of hydrogen-bond acceptors (Lipinski definition) is 4. The van der Waals surface area contributed by atoms with Gasteiger partial charge in [-0.3, -0.25) is 9.69 Å². The van der Waals surface area contributed by atoms with E-state index >= 15 is 0 Å². The van der Waals surface area contributed by atoms with Gasteiger partial charge in [0.15, 0.2) is 5.78 Å². The minimum absolute atomic E-state index is 0.0572. The first kappa shape index (κ1) is 24.3. The van der Waals surface area contributed by atoms with Crippen LogP contribution in [0.1, 0.15) is 40.2 Å². The fourth-order valence-corrected chi connectivity index (χ4v) is 5.81. The highest BCUT2D eigenvalue weighted by Crippen LogP contribution is 2.20. The van der Waals surface area contributed by atoms with E-state index in [1.54, 1.807) is 42.5 Å². The second-order valence-corrected chi connectivity index (χ2v) is 10.6. The van der Waals surface area contributed by atoms with Crippen LogP contribution in [-0.2, 0) is 16.6 Å². The molecule has 0 spiro atoms. The predicted octanol–water partition coefficient (Wildman–Crippen LogP) is 3.92. The molecule has 3 aromatic rings. The van der Waals surface area contributed by atoms with Gasteiger partial charge in [0.05, 0.1) is 11.4 Å². The number of aryl methyl sites for hydroxylation is 1. The lowest BCUT2D eigenvalue weighted by molar-refractivity contribution is 0.0907. The molecule has 1 fully saturated rings. The number of carbonyl (C=O) groups excluding carboxylic acids is 1. The molecule has 0 radical (unpaired) electrons. The predicted molar refractivity (Wildman–Crippen MR) is 130 cm³/mol. The molecule has 4 rings (SSSR count). The number of benzene rings is 2. The van der Waals surface area contributed by atoms with E-state index < -0.39 is 10.0 Å². The first-order chi connectivity index (χ1) is 16.2. The maximum atomic E-state index is 13.2. The molecule has 34 heavy (non-hydrogen) atoms. The Kier molecular flexibility index (Phi) is 7.30. The SMILES string of the molecule is Cc1cc(C(=O)CN2CCC(NS(=O)(=O)c3ccccc3)CC2)c(C)n1Cc1ccc(F)cc1. The summed E-state index contributed by atoms with van der Waals surface area (Å²) in [5.74, 6) is -0.209. The van der Waals surface area contributed by atoms with Gasteiger partial charge in [-0.1, -0.05) is 30.3 Å². The standard InChI is InChI=1S/C26H30FN3O3S/c1-19-16-25(20(2)30(19)17-21-8-10-22(27)11-9-21)26(31)18-29-14-12-23(13-15-29)28-34(32,33)24-6-4-3-5-7-24/h3-11,16,23,28H,12-15,17-18H2,1-2H3. The summed E-state index contributed by atoms with van der Waals surface area (Å²) in [5, 5.41) is 0. The van der Waals surface area contributed by atoms with Crippen LogP contribution >= 0.6 is 0 Å². The molecule has 1 aliphatic rings. The maximum absolute atomic E-state index is 13.2. The molecule has 0 atom stereocenters. The van der Waals surface area contributed by atoms with Gasteiger partial charge in [-0.25, -0.2) is 17.5 Å². The monoisotopic (exact) mass is 483 g/mol. The molecule has 8 heteroatoms. The van der Waals surface area contributed by atoms with Crippen molar-refractivity contribution in [3.8, 4) is 0 Å². The minimum atomic E-state index is -3.54. The third-order valence-electron chi connectivity index (χ3n) is 6.46. The van der Waals surface area contributed by atoms with Gasteiger partial charge in [0.1, 0.15) is 5.82 Å². The molecule has 2 aromatic carbocycles. The van der Waals surface area contributed by atoms with Gasteiger partial charge >= 0.3 is 0 Å². The summed E-state index contributed by atoms with van der Waals surface area (Å²) in [6.45, 7) is 6.10. The van der Waals surface area contributed by atoms with Crippen LogP contribution in [0.25, 0.3) is 0 Å². The number of ketones is 1. The van der Waals surface area contributed by atoms with Crippen LogP contribution in [0.3, 0.4) is 0 Å². The van der Waals surface area contributed by atoms with Gasteiger partial charge in [0, 0.05) is 42.6 Å². The van der Waals surface area contributed by atoms with Crippen molar-refractivity contribution in [1.82, 2.24) is 14.2 Å². The van der Waals surface area contributed by atoms with E-state index in [9.17, 15) is 17.6 Å². The molecule has 0 aliphatic carbocycles. The highest BCUT2D eigenvalue weighted by molar-refractivity contribution is 7.89. The van der Waals surface area contributed by atoms with Gasteiger partial charge in [-0.05, 0) is 62.6 Å². The molecule has 0 saturated carbocycles. The average Bonchev–Trinajstić information content (AvgIpc) is 3.10. The number of aromatic nitrogens is 1. The fourth-order valence-electron chi connectivity index (χ4n) is 4.48. The van der Waals surface area contributed by atoms with Crippen molar-refractivity contribution in [2.75, 3.05) is 19.6 Å². The van der Waals surface area contributed by atoms with E-state index in [1.165, 1.54) is 12.1 Å². The number of Topliss-reactive ketones (excluding diaryl/α,β-unsaturated/α-hetero) is 1. The normalized spacial score (nSPS) is 15.5. The highest BCUT2D eigenvalue weighted by Gasteiger charge is 2.26. The number of nitrogens with zero attached hydrogens (tertiary/aromatic N) is 2. The van der Waals surface area contributed by atoms with Crippen molar-refractivity contribution >= 4 is 15.8 Å². The Morgan fingerprint density at radius 3 is 2.32 bits per heavy atom. The smallest absolute Gasteiger partial charge is 0.240 e. The van der Waals surface area contributed by atoms with Crippen molar-refractivity contribution in [2.45, 2.75) is 44.2 Å². The Morgan fingerprint density at radius 2 is 1.68 bits per heavy atom. The molecule has 1 aliphatic heterocycles. The van der Waals surface area contributed by atoms with E-state index in [2.05, 4.69) is 14.2 Å². The topological polar surface area (TPSA) is 71.4 Å². The number of halogens is 1. The average molecular weight is 484 g/mol. The van der Waals surface area contributed by atoms with Crippen LogP contribution in [0.5, 0.6) is 0 Å². The van der Waals surface area contributed by atoms with Crippen molar-refractivity contribution in [3.05, 3.63) is 89.0 Å².